The monoisotopic (exact) mass is 431 g/mol. The maximum Gasteiger partial charge on any atom is 0.272 e. The zero-order chi connectivity index (χ0) is 21.2. The van der Waals surface area contributed by atoms with E-state index in [1.807, 2.05) is 0 Å². The third kappa shape index (κ3) is 5.24. The lowest BCUT2D eigenvalue weighted by molar-refractivity contribution is -0.385. The Morgan fingerprint density at radius 2 is 1.90 bits per heavy atom. The highest BCUT2D eigenvalue weighted by Gasteiger charge is 2.15. The third-order valence-corrected chi connectivity index (χ3v) is 5.69. The summed E-state index contributed by atoms with van der Waals surface area (Å²) in [6.45, 7) is 1.66. The number of nitrogens with zero attached hydrogens (tertiary/aromatic N) is 2. The molecule has 0 aliphatic carbocycles. The molecule has 1 aromatic heterocycles. The molecule has 0 saturated heterocycles. The summed E-state index contributed by atoms with van der Waals surface area (Å²) in [6, 6.07) is 11.1. The summed E-state index contributed by atoms with van der Waals surface area (Å²) in [6.07, 6.45) is 1.15. The number of anilines is 1. The summed E-state index contributed by atoms with van der Waals surface area (Å²) in [5, 5.41) is 15.9. The number of amides is 1. The minimum absolute atomic E-state index is 0.00951. The molecule has 8 nitrogen and oxygen atoms in total. The normalized spacial score (nSPS) is 11.2. The molecule has 2 aromatic carbocycles. The van der Waals surface area contributed by atoms with Crippen molar-refractivity contribution >= 4 is 37.9 Å². The largest absolute Gasteiger partial charge is 0.298 e. The van der Waals surface area contributed by atoms with E-state index in [0.29, 0.717) is 33.1 Å². The Hall–Kier alpha value is -3.11. The van der Waals surface area contributed by atoms with Crippen LogP contribution in [0.3, 0.4) is 0 Å². The molecular formula is C19H17N3O5S2. The fourth-order valence-corrected chi connectivity index (χ4v) is 4.17. The molecule has 29 heavy (non-hydrogen) atoms. The van der Waals surface area contributed by atoms with Gasteiger partial charge in [0, 0.05) is 34.4 Å². The smallest absolute Gasteiger partial charge is 0.272 e. The number of carbonyl (C=O) groups excluding carboxylic acids is 1. The van der Waals surface area contributed by atoms with Crippen LogP contribution in [0.1, 0.15) is 21.5 Å². The molecule has 1 heterocycles. The number of thiazole rings is 1. The maximum atomic E-state index is 12.4. The van der Waals surface area contributed by atoms with E-state index < -0.39 is 14.8 Å². The molecule has 1 amide bonds. The van der Waals surface area contributed by atoms with Crippen LogP contribution in [0.4, 0.5) is 10.8 Å². The number of hydrogen-bond acceptors (Lipinski definition) is 7. The molecule has 3 aromatic rings. The number of carbonyl (C=O) groups is 1. The minimum Gasteiger partial charge on any atom is -0.298 e. The first-order valence-electron chi connectivity index (χ1n) is 8.41. The van der Waals surface area contributed by atoms with Crippen molar-refractivity contribution in [2.75, 3.05) is 11.6 Å². The van der Waals surface area contributed by atoms with Gasteiger partial charge in [-0.25, -0.2) is 13.4 Å². The molecule has 0 atom stereocenters. The maximum absolute atomic E-state index is 12.4. The summed E-state index contributed by atoms with van der Waals surface area (Å²) in [5.74, 6) is -0.473. The van der Waals surface area contributed by atoms with Crippen molar-refractivity contribution in [3.8, 4) is 11.3 Å². The van der Waals surface area contributed by atoms with Crippen LogP contribution < -0.4 is 5.32 Å². The lowest BCUT2D eigenvalue weighted by Crippen LogP contribution is -2.11. The number of hydrogen-bond donors (Lipinski definition) is 1. The number of benzene rings is 2. The second-order valence-corrected chi connectivity index (χ2v) is 9.52. The SMILES string of the molecule is Cc1ccc(-c2csc(NC(=O)c3ccc(CS(C)(=O)=O)cc3)n2)cc1[N+](=O)[O-]. The molecule has 3 rings (SSSR count). The second kappa shape index (κ2) is 8.10. The Kier molecular flexibility index (Phi) is 5.76. The van der Waals surface area contributed by atoms with E-state index in [0.717, 1.165) is 6.26 Å². The predicted octanol–water partition coefficient (Wildman–Crippen LogP) is 3.82. The summed E-state index contributed by atoms with van der Waals surface area (Å²) in [5.41, 5.74) is 2.64. The Bertz CT molecular complexity index is 1180. The quantitative estimate of drug-likeness (QED) is 0.468. The van der Waals surface area contributed by atoms with Gasteiger partial charge in [0.25, 0.3) is 11.6 Å². The van der Waals surface area contributed by atoms with Gasteiger partial charge in [-0.15, -0.1) is 11.3 Å². The third-order valence-electron chi connectivity index (χ3n) is 4.07. The van der Waals surface area contributed by atoms with E-state index in [9.17, 15) is 23.3 Å². The number of nitro groups is 1. The highest BCUT2D eigenvalue weighted by molar-refractivity contribution is 7.89. The average molecular weight is 431 g/mol. The van der Waals surface area contributed by atoms with Gasteiger partial charge in [-0.2, -0.15) is 0 Å². The van der Waals surface area contributed by atoms with Gasteiger partial charge in [-0.3, -0.25) is 20.2 Å². The second-order valence-electron chi connectivity index (χ2n) is 6.52. The molecule has 0 bridgehead atoms. The molecule has 1 N–H and O–H groups in total. The summed E-state index contributed by atoms with van der Waals surface area (Å²) >= 11 is 1.20. The van der Waals surface area contributed by atoms with Crippen LogP contribution in [0.15, 0.2) is 47.8 Å². The first-order chi connectivity index (χ1) is 13.6. The fraction of sp³-hybridized carbons (Fsp3) is 0.158. The van der Waals surface area contributed by atoms with Crippen molar-refractivity contribution in [2.45, 2.75) is 12.7 Å². The highest BCUT2D eigenvalue weighted by atomic mass is 32.2. The zero-order valence-electron chi connectivity index (χ0n) is 15.6. The van der Waals surface area contributed by atoms with Crippen molar-refractivity contribution in [3.05, 3.63) is 74.6 Å². The van der Waals surface area contributed by atoms with E-state index in [-0.39, 0.29) is 17.3 Å². The summed E-state index contributed by atoms with van der Waals surface area (Å²) in [4.78, 5) is 27.4. The molecule has 0 fully saturated rings. The Labute approximate surface area is 171 Å². The van der Waals surface area contributed by atoms with Crippen LogP contribution in [0.5, 0.6) is 0 Å². The molecule has 0 aliphatic rings. The standard InChI is InChI=1S/C19H17N3O5S2/c1-12-3-6-15(9-17(12)22(24)25)16-10-28-19(20-16)21-18(23)14-7-4-13(5-8-14)11-29(2,26)27/h3-10H,11H2,1-2H3,(H,20,21,23). The topological polar surface area (TPSA) is 119 Å². The van der Waals surface area contributed by atoms with Crippen LogP contribution in [-0.4, -0.2) is 30.5 Å². The number of aryl methyl sites for hydroxylation is 1. The number of nitro benzene ring substituents is 1. The molecule has 0 unspecified atom stereocenters. The van der Waals surface area contributed by atoms with Gasteiger partial charge < -0.3 is 0 Å². The van der Waals surface area contributed by atoms with E-state index in [2.05, 4.69) is 10.3 Å². The Morgan fingerprint density at radius 3 is 2.52 bits per heavy atom. The summed E-state index contributed by atoms with van der Waals surface area (Å²) in [7, 11) is -3.14. The van der Waals surface area contributed by atoms with Crippen molar-refractivity contribution < 1.29 is 18.1 Å². The predicted molar refractivity (Wildman–Crippen MR) is 112 cm³/mol. The van der Waals surface area contributed by atoms with E-state index in [1.54, 1.807) is 48.7 Å². The van der Waals surface area contributed by atoms with E-state index >= 15 is 0 Å². The molecule has 10 heteroatoms. The van der Waals surface area contributed by atoms with Gasteiger partial charge >= 0.3 is 0 Å². The van der Waals surface area contributed by atoms with Crippen molar-refractivity contribution in [3.63, 3.8) is 0 Å². The Balaban J connectivity index is 1.74. The molecule has 0 aliphatic heterocycles. The first-order valence-corrected chi connectivity index (χ1v) is 11.4. The number of sulfone groups is 1. The van der Waals surface area contributed by atoms with Gasteiger partial charge in [0.2, 0.25) is 0 Å². The van der Waals surface area contributed by atoms with E-state index in [1.165, 1.54) is 17.4 Å². The van der Waals surface area contributed by atoms with Crippen LogP contribution in [-0.2, 0) is 15.6 Å². The number of rotatable bonds is 6. The van der Waals surface area contributed by atoms with Crippen molar-refractivity contribution in [1.82, 2.24) is 4.98 Å². The Morgan fingerprint density at radius 1 is 1.21 bits per heavy atom. The van der Waals surface area contributed by atoms with Gasteiger partial charge in [0.1, 0.15) is 0 Å². The van der Waals surface area contributed by atoms with Crippen LogP contribution in [0.25, 0.3) is 11.3 Å². The lowest BCUT2D eigenvalue weighted by atomic mass is 10.1. The van der Waals surface area contributed by atoms with Gasteiger partial charge in [-0.1, -0.05) is 24.3 Å². The van der Waals surface area contributed by atoms with Crippen molar-refractivity contribution in [2.24, 2.45) is 0 Å². The number of nitrogens with one attached hydrogen (secondary N) is 1. The fourth-order valence-electron chi connectivity index (χ4n) is 2.65. The lowest BCUT2D eigenvalue weighted by Gasteiger charge is -2.04. The molecule has 0 saturated carbocycles. The molecule has 150 valence electrons. The van der Waals surface area contributed by atoms with Crippen LogP contribution in [0.2, 0.25) is 0 Å². The zero-order valence-corrected chi connectivity index (χ0v) is 17.2. The van der Waals surface area contributed by atoms with Gasteiger partial charge in [0.05, 0.1) is 16.4 Å². The molecular weight excluding hydrogens is 414 g/mol. The minimum atomic E-state index is -3.14. The van der Waals surface area contributed by atoms with E-state index in [4.69, 9.17) is 0 Å². The van der Waals surface area contributed by atoms with Gasteiger partial charge in [-0.05, 0) is 24.6 Å². The summed E-state index contributed by atoms with van der Waals surface area (Å²) < 4.78 is 22.7. The average Bonchev–Trinajstić information content (AvgIpc) is 3.09. The van der Waals surface area contributed by atoms with Gasteiger partial charge in [0.15, 0.2) is 15.0 Å². The number of aromatic nitrogens is 1. The van der Waals surface area contributed by atoms with Crippen LogP contribution >= 0.6 is 11.3 Å². The molecule has 0 spiro atoms. The molecule has 0 radical (unpaired) electrons. The first kappa shape index (κ1) is 20.6. The van der Waals surface area contributed by atoms with Crippen LogP contribution in [0, 0.1) is 17.0 Å². The highest BCUT2D eigenvalue weighted by Crippen LogP contribution is 2.29. The van der Waals surface area contributed by atoms with Crippen molar-refractivity contribution in [1.29, 1.82) is 0 Å².